The Morgan fingerprint density at radius 1 is 1.48 bits per heavy atom. The SMILES string of the molecule is CCOCCN(C)CCC1CCCC1(NC(C)C)C(N)=O. The third-order valence-corrected chi connectivity index (χ3v) is 4.49. The predicted molar refractivity (Wildman–Crippen MR) is 86.1 cm³/mol. The van der Waals surface area contributed by atoms with E-state index in [2.05, 4.69) is 31.1 Å². The van der Waals surface area contributed by atoms with Crippen molar-refractivity contribution in [3.63, 3.8) is 0 Å². The van der Waals surface area contributed by atoms with Crippen molar-refractivity contribution in [1.82, 2.24) is 10.2 Å². The number of nitrogens with one attached hydrogen (secondary N) is 1. The van der Waals surface area contributed by atoms with E-state index in [1.807, 2.05) is 6.92 Å². The zero-order valence-corrected chi connectivity index (χ0v) is 14.2. The monoisotopic (exact) mass is 299 g/mol. The molecule has 1 amide bonds. The molecule has 1 rings (SSSR count). The summed E-state index contributed by atoms with van der Waals surface area (Å²) in [6.07, 6.45) is 4.04. The Hall–Kier alpha value is -0.650. The maximum absolute atomic E-state index is 12.1. The fourth-order valence-electron chi connectivity index (χ4n) is 3.42. The van der Waals surface area contributed by atoms with E-state index in [1.165, 1.54) is 0 Å². The summed E-state index contributed by atoms with van der Waals surface area (Å²) in [5.41, 5.74) is 5.24. The van der Waals surface area contributed by atoms with E-state index in [-0.39, 0.29) is 11.9 Å². The maximum Gasteiger partial charge on any atom is 0.238 e. The van der Waals surface area contributed by atoms with Crippen LogP contribution in [0.2, 0.25) is 0 Å². The van der Waals surface area contributed by atoms with E-state index < -0.39 is 5.54 Å². The first-order valence-electron chi connectivity index (χ1n) is 8.26. The van der Waals surface area contributed by atoms with Crippen LogP contribution in [-0.2, 0) is 9.53 Å². The van der Waals surface area contributed by atoms with Crippen LogP contribution in [0.15, 0.2) is 0 Å². The minimum Gasteiger partial charge on any atom is -0.380 e. The Morgan fingerprint density at radius 2 is 2.19 bits per heavy atom. The van der Waals surface area contributed by atoms with Gasteiger partial charge in [-0.15, -0.1) is 0 Å². The molecule has 124 valence electrons. The fourth-order valence-corrected chi connectivity index (χ4v) is 3.42. The number of carbonyl (C=O) groups is 1. The zero-order valence-electron chi connectivity index (χ0n) is 14.2. The Labute approximate surface area is 129 Å². The van der Waals surface area contributed by atoms with Crippen LogP contribution in [0.1, 0.15) is 46.5 Å². The minimum atomic E-state index is -0.505. The van der Waals surface area contributed by atoms with Gasteiger partial charge in [-0.3, -0.25) is 4.79 Å². The van der Waals surface area contributed by atoms with Gasteiger partial charge in [0.1, 0.15) is 5.54 Å². The van der Waals surface area contributed by atoms with E-state index in [1.54, 1.807) is 0 Å². The number of likely N-dealkylation sites (N-methyl/N-ethyl adjacent to an activating group) is 1. The number of ether oxygens (including phenoxy) is 1. The second-order valence-corrected chi connectivity index (χ2v) is 6.51. The van der Waals surface area contributed by atoms with E-state index >= 15 is 0 Å². The number of primary amides is 1. The van der Waals surface area contributed by atoms with Crippen molar-refractivity contribution >= 4 is 5.91 Å². The maximum atomic E-state index is 12.1. The van der Waals surface area contributed by atoms with Gasteiger partial charge < -0.3 is 20.7 Å². The number of carbonyl (C=O) groups excluding carboxylic acids is 1. The van der Waals surface area contributed by atoms with Crippen molar-refractivity contribution in [2.75, 3.05) is 33.4 Å². The van der Waals surface area contributed by atoms with Crippen LogP contribution < -0.4 is 11.1 Å². The lowest BCUT2D eigenvalue weighted by molar-refractivity contribution is -0.126. The number of amides is 1. The molecule has 0 aromatic rings. The van der Waals surface area contributed by atoms with Gasteiger partial charge in [0.2, 0.25) is 5.91 Å². The number of nitrogens with zero attached hydrogens (tertiary/aromatic N) is 1. The molecule has 1 saturated carbocycles. The highest BCUT2D eigenvalue weighted by Gasteiger charge is 2.47. The van der Waals surface area contributed by atoms with Crippen molar-refractivity contribution in [3.05, 3.63) is 0 Å². The minimum absolute atomic E-state index is 0.185. The van der Waals surface area contributed by atoms with Crippen LogP contribution in [0.25, 0.3) is 0 Å². The molecule has 1 aliphatic carbocycles. The first kappa shape index (κ1) is 18.4. The topological polar surface area (TPSA) is 67.6 Å². The van der Waals surface area contributed by atoms with E-state index in [9.17, 15) is 4.79 Å². The smallest absolute Gasteiger partial charge is 0.238 e. The van der Waals surface area contributed by atoms with Crippen LogP contribution in [-0.4, -0.2) is 55.7 Å². The van der Waals surface area contributed by atoms with Crippen molar-refractivity contribution < 1.29 is 9.53 Å². The summed E-state index contributed by atoms with van der Waals surface area (Å²) in [7, 11) is 2.11. The Morgan fingerprint density at radius 3 is 2.76 bits per heavy atom. The lowest BCUT2D eigenvalue weighted by atomic mass is 9.83. The van der Waals surface area contributed by atoms with Crippen LogP contribution in [0, 0.1) is 5.92 Å². The van der Waals surface area contributed by atoms with Gasteiger partial charge in [0.25, 0.3) is 0 Å². The third-order valence-electron chi connectivity index (χ3n) is 4.49. The lowest BCUT2D eigenvalue weighted by Crippen LogP contribution is -2.60. The number of hydrogen-bond acceptors (Lipinski definition) is 4. The average molecular weight is 299 g/mol. The highest BCUT2D eigenvalue weighted by atomic mass is 16.5. The second kappa shape index (κ2) is 8.71. The first-order valence-corrected chi connectivity index (χ1v) is 8.26. The summed E-state index contributed by atoms with van der Waals surface area (Å²) < 4.78 is 5.38. The molecular weight excluding hydrogens is 266 g/mol. The van der Waals surface area contributed by atoms with Crippen molar-refractivity contribution in [2.24, 2.45) is 11.7 Å². The summed E-state index contributed by atoms with van der Waals surface area (Å²) in [5.74, 6) is 0.155. The van der Waals surface area contributed by atoms with Crippen LogP contribution >= 0.6 is 0 Å². The summed E-state index contributed by atoms with van der Waals surface area (Å²) in [5, 5.41) is 3.46. The van der Waals surface area contributed by atoms with E-state index in [4.69, 9.17) is 10.5 Å². The molecular formula is C16H33N3O2. The van der Waals surface area contributed by atoms with Gasteiger partial charge in [-0.25, -0.2) is 0 Å². The molecule has 3 N–H and O–H groups in total. The molecule has 0 spiro atoms. The molecule has 0 aromatic heterocycles. The van der Waals surface area contributed by atoms with Gasteiger partial charge in [0.15, 0.2) is 0 Å². The van der Waals surface area contributed by atoms with Gasteiger partial charge in [0, 0.05) is 19.2 Å². The second-order valence-electron chi connectivity index (χ2n) is 6.51. The molecule has 5 heteroatoms. The highest BCUT2D eigenvalue weighted by molar-refractivity contribution is 5.85. The molecule has 2 atom stereocenters. The lowest BCUT2D eigenvalue weighted by Gasteiger charge is -2.36. The zero-order chi connectivity index (χ0) is 15.9. The summed E-state index contributed by atoms with van der Waals surface area (Å²) in [6.45, 7) is 9.61. The third kappa shape index (κ3) is 5.24. The van der Waals surface area contributed by atoms with Crippen LogP contribution in [0.3, 0.4) is 0 Å². The van der Waals surface area contributed by atoms with Gasteiger partial charge in [-0.05, 0) is 59.5 Å². The molecule has 1 aliphatic rings. The molecule has 0 aliphatic heterocycles. The summed E-state index contributed by atoms with van der Waals surface area (Å²) >= 11 is 0. The molecule has 0 radical (unpaired) electrons. The Balaban J connectivity index is 2.53. The van der Waals surface area contributed by atoms with Crippen LogP contribution in [0.4, 0.5) is 0 Å². The van der Waals surface area contributed by atoms with Gasteiger partial charge >= 0.3 is 0 Å². The quantitative estimate of drug-likeness (QED) is 0.598. The number of hydrogen-bond donors (Lipinski definition) is 2. The molecule has 21 heavy (non-hydrogen) atoms. The first-order chi connectivity index (χ1) is 9.92. The summed E-state index contributed by atoms with van der Waals surface area (Å²) in [4.78, 5) is 14.3. The fraction of sp³-hybridized carbons (Fsp3) is 0.938. The van der Waals surface area contributed by atoms with E-state index in [0.29, 0.717) is 5.92 Å². The molecule has 0 saturated heterocycles. The molecule has 0 bridgehead atoms. The Kier molecular flexibility index (Phi) is 7.63. The number of rotatable bonds is 10. The normalized spacial score (nSPS) is 25.9. The highest BCUT2D eigenvalue weighted by Crippen LogP contribution is 2.38. The summed E-state index contributed by atoms with van der Waals surface area (Å²) in [6, 6.07) is 0.272. The van der Waals surface area contributed by atoms with Gasteiger partial charge in [0.05, 0.1) is 6.61 Å². The standard InChI is InChI=1S/C16H33N3O2/c1-5-21-12-11-19(4)10-8-14-7-6-9-16(14,15(17)20)18-13(2)3/h13-14,18H,5-12H2,1-4H3,(H2,17,20). The molecule has 1 fully saturated rings. The van der Waals surface area contributed by atoms with Gasteiger partial charge in [-0.2, -0.15) is 0 Å². The Bertz CT molecular complexity index is 323. The molecule has 2 unspecified atom stereocenters. The van der Waals surface area contributed by atoms with E-state index in [0.717, 1.165) is 52.0 Å². The predicted octanol–water partition coefficient (Wildman–Crippen LogP) is 1.37. The number of nitrogens with two attached hydrogens (primary N) is 1. The molecule has 5 nitrogen and oxygen atoms in total. The van der Waals surface area contributed by atoms with Crippen molar-refractivity contribution in [3.8, 4) is 0 Å². The average Bonchev–Trinajstić information content (AvgIpc) is 2.80. The van der Waals surface area contributed by atoms with Crippen molar-refractivity contribution in [1.29, 1.82) is 0 Å². The molecule has 0 heterocycles. The van der Waals surface area contributed by atoms with Gasteiger partial charge in [-0.1, -0.05) is 6.42 Å². The van der Waals surface area contributed by atoms with Crippen molar-refractivity contribution in [2.45, 2.75) is 58.0 Å². The molecule has 0 aromatic carbocycles. The van der Waals surface area contributed by atoms with Crippen LogP contribution in [0.5, 0.6) is 0 Å². The largest absolute Gasteiger partial charge is 0.380 e.